The molecule has 162 valence electrons. The fourth-order valence-electron chi connectivity index (χ4n) is 4.45. The van der Waals surface area contributed by atoms with Crippen molar-refractivity contribution in [3.05, 3.63) is 57.6 Å². The van der Waals surface area contributed by atoms with E-state index in [0.717, 1.165) is 39.1 Å². The lowest BCUT2D eigenvalue weighted by molar-refractivity contribution is -0.117. The normalized spacial score (nSPS) is 19.9. The fraction of sp³-hybridized carbons (Fsp3) is 0.500. The van der Waals surface area contributed by atoms with Crippen LogP contribution in [0.5, 0.6) is 5.75 Å². The molecule has 2 aromatic rings. The van der Waals surface area contributed by atoms with Gasteiger partial charge in [0.15, 0.2) is 5.60 Å². The van der Waals surface area contributed by atoms with Gasteiger partial charge in [0.05, 0.1) is 0 Å². The van der Waals surface area contributed by atoms with Gasteiger partial charge in [0, 0.05) is 17.7 Å². The summed E-state index contributed by atoms with van der Waals surface area (Å²) < 4.78 is 6.36. The van der Waals surface area contributed by atoms with Crippen molar-refractivity contribution in [3.63, 3.8) is 0 Å². The van der Waals surface area contributed by atoms with Crippen LogP contribution in [0, 0.1) is 33.1 Å². The van der Waals surface area contributed by atoms with Crippen LogP contribution in [0.2, 0.25) is 0 Å². The van der Waals surface area contributed by atoms with Crippen molar-refractivity contribution in [2.75, 3.05) is 5.32 Å². The van der Waals surface area contributed by atoms with E-state index in [1.807, 2.05) is 86.6 Å². The number of carbonyl (C=O) groups excluding carboxylic acids is 1. The van der Waals surface area contributed by atoms with Gasteiger partial charge in [0.25, 0.3) is 0 Å². The van der Waals surface area contributed by atoms with Crippen molar-refractivity contribution in [1.82, 2.24) is 0 Å². The molecule has 3 rings (SSSR count). The van der Waals surface area contributed by atoms with Gasteiger partial charge in [-0.1, -0.05) is 50.6 Å². The third-order valence-electron chi connectivity index (χ3n) is 6.27. The SMILES string of the molecule is Cc1ccc(C2(O)c3c(C)c(NC(=O)CC(C)(C)C)c(C)c(C)c3OC2(C)C)cc1. The molecule has 1 aliphatic rings. The first-order valence-corrected chi connectivity index (χ1v) is 10.6. The van der Waals surface area contributed by atoms with Gasteiger partial charge in [-0.05, 0) is 69.2 Å². The highest BCUT2D eigenvalue weighted by Crippen LogP contribution is 2.56. The molecule has 1 aliphatic heterocycles. The Balaban J connectivity index is 2.21. The quantitative estimate of drug-likeness (QED) is 0.683. The summed E-state index contributed by atoms with van der Waals surface area (Å²) in [5, 5.41) is 15.3. The lowest BCUT2D eigenvalue weighted by atomic mass is 9.74. The Morgan fingerprint density at radius 1 is 1.00 bits per heavy atom. The van der Waals surface area contributed by atoms with E-state index < -0.39 is 11.2 Å². The molecule has 0 fully saturated rings. The van der Waals surface area contributed by atoms with Crippen LogP contribution in [-0.2, 0) is 10.4 Å². The first-order chi connectivity index (χ1) is 13.7. The number of nitrogens with one attached hydrogen (secondary N) is 1. The van der Waals surface area contributed by atoms with E-state index in [1.54, 1.807) is 0 Å². The molecule has 1 unspecified atom stereocenters. The van der Waals surface area contributed by atoms with Crippen LogP contribution in [0.25, 0.3) is 0 Å². The Labute approximate surface area is 180 Å². The Morgan fingerprint density at radius 3 is 2.10 bits per heavy atom. The van der Waals surface area contributed by atoms with Gasteiger partial charge in [0.1, 0.15) is 11.4 Å². The van der Waals surface area contributed by atoms with Gasteiger partial charge in [0.2, 0.25) is 5.91 Å². The molecule has 4 heteroatoms. The number of aliphatic hydroxyl groups is 1. The third-order valence-corrected chi connectivity index (χ3v) is 6.27. The van der Waals surface area contributed by atoms with Gasteiger partial charge < -0.3 is 15.2 Å². The number of anilines is 1. The van der Waals surface area contributed by atoms with Crippen LogP contribution in [0.15, 0.2) is 24.3 Å². The molecule has 2 aromatic carbocycles. The standard InChI is InChI=1S/C26H35NO3/c1-15-10-12-19(13-11-15)26(29)21-18(4)22(27-20(28)14-24(5,6)7)16(2)17(3)23(21)30-25(26,8)9/h10-13,29H,14H2,1-9H3,(H,27,28). The molecule has 1 heterocycles. The van der Waals surface area contributed by atoms with Gasteiger partial charge in [-0.25, -0.2) is 0 Å². The number of aryl methyl sites for hydroxylation is 1. The minimum Gasteiger partial charge on any atom is -0.483 e. The zero-order chi connectivity index (χ0) is 22.6. The smallest absolute Gasteiger partial charge is 0.224 e. The van der Waals surface area contributed by atoms with Crippen LogP contribution >= 0.6 is 0 Å². The van der Waals surface area contributed by atoms with Gasteiger partial charge in [-0.2, -0.15) is 0 Å². The number of hydrogen-bond donors (Lipinski definition) is 2. The number of rotatable bonds is 3. The van der Waals surface area contributed by atoms with Crippen molar-refractivity contribution >= 4 is 11.6 Å². The molecule has 0 aliphatic carbocycles. The minimum atomic E-state index is -1.33. The topological polar surface area (TPSA) is 58.6 Å². The molecule has 2 N–H and O–H groups in total. The summed E-state index contributed by atoms with van der Waals surface area (Å²) in [4.78, 5) is 12.7. The van der Waals surface area contributed by atoms with Crippen molar-refractivity contribution in [1.29, 1.82) is 0 Å². The zero-order valence-electron chi connectivity index (χ0n) is 19.8. The molecule has 0 bridgehead atoms. The van der Waals surface area contributed by atoms with Crippen molar-refractivity contribution in [3.8, 4) is 5.75 Å². The predicted octanol–water partition coefficient (Wildman–Crippen LogP) is 5.70. The number of benzene rings is 2. The average Bonchev–Trinajstić information content (AvgIpc) is 2.83. The predicted molar refractivity (Wildman–Crippen MR) is 122 cm³/mol. The Morgan fingerprint density at radius 2 is 1.57 bits per heavy atom. The highest BCUT2D eigenvalue weighted by molar-refractivity contribution is 5.94. The highest BCUT2D eigenvalue weighted by Gasteiger charge is 2.56. The summed E-state index contributed by atoms with van der Waals surface area (Å²) in [6, 6.07) is 7.93. The number of hydrogen-bond acceptors (Lipinski definition) is 3. The van der Waals surface area contributed by atoms with E-state index in [1.165, 1.54) is 0 Å². The molecular formula is C26H35NO3. The summed E-state index contributed by atoms with van der Waals surface area (Å²) in [5.74, 6) is 0.692. The van der Waals surface area contributed by atoms with Crippen LogP contribution in [0.4, 0.5) is 5.69 Å². The van der Waals surface area contributed by atoms with Crippen LogP contribution in [0.3, 0.4) is 0 Å². The minimum absolute atomic E-state index is 0.0231. The second kappa shape index (κ2) is 7.12. The third kappa shape index (κ3) is 3.51. The number of carbonyl (C=O) groups is 1. The monoisotopic (exact) mass is 409 g/mol. The maximum atomic E-state index is 12.7. The molecule has 1 atom stereocenters. The van der Waals surface area contributed by atoms with E-state index in [4.69, 9.17) is 4.74 Å². The first-order valence-electron chi connectivity index (χ1n) is 10.6. The Hall–Kier alpha value is -2.33. The number of amides is 1. The second-order valence-electron chi connectivity index (χ2n) is 10.4. The highest BCUT2D eigenvalue weighted by atomic mass is 16.5. The van der Waals surface area contributed by atoms with Crippen LogP contribution < -0.4 is 10.1 Å². The van der Waals surface area contributed by atoms with Crippen molar-refractivity contribution in [2.24, 2.45) is 5.41 Å². The first kappa shape index (κ1) is 22.4. The van der Waals surface area contributed by atoms with E-state index in [-0.39, 0.29) is 11.3 Å². The number of ether oxygens (including phenoxy) is 1. The molecule has 0 spiro atoms. The van der Waals surface area contributed by atoms with Gasteiger partial charge in [-0.3, -0.25) is 4.79 Å². The Kier molecular flexibility index (Phi) is 5.31. The lowest BCUT2D eigenvalue weighted by Gasteiger charge is -2.36. The largest absolute Gasteiger partial charge is 0.483 e. The van der Waals surface area contributed by atoms with E-state index in [0.29, 0.717) is 12.2 Å². The van der Waals surface area contributed by atoms with Gasteiger partial charge >= 0.3 is 0 Å². The summed E-state index contributed by atoms with van der Waals surface area (Å²) in [6.45, 7) is 17.9. The summed E-state index contributed by atoms with van der Waals surface area (Å²) in [6.07, 6.45) is 0.423. The average molecular weight is 410 g/mol. The maximum absolute atomic E-state index is 12.7. The summed E-state index contributed by atoms with van der Waals surface area (Å²) in [7, 11) is 0. The van der Waals surface area contributed by atoms with E-state index in [2.05, 4.69) is 5.32 Å². The molecule has 0 aromatic heterocycles. The number of fused-ring (bicyclic) bond motifs is 1. The molecule has 0 saturated carbocycles. The second-order valence-corrected chi connectivity index (χ2v) is 10.4. The van der Waals surface area contributed by atoms with Gasteiger partial charge in [-0.15, -0.1) is 0 Å². The van der Waals surface area contributed by atoms with Crippen LogP contribution in [0.1, 0.15) is 74.4 Å². The van der Waals surface area contributed by atoms with Crippen molar-refractivity contribution < 1.29 is 14.6 Å². The lowest BCUT2D eigenvalue weighted by Crippen LogP contribution is -2.47. The maximum Gasteiger partial charge on any atom is 0.224 e. The Bertz CT molecular complexity index is 997. The summed E-state index contributed by atoms with van der Waals surface area (Å²) in [5.41, 5.74) is 3.90. The van der Waals surface area contributed by atoms with Crippen LogP contribution in [-0.4, -0.2) is 16.6 Å². The molecule has 30 heavy (non-hydrogen) atoms. The molecule has 0 saturated heterocycles. The van der Waals surface area contributed by atoms with E-state index in [9.17, 15) is 9.90 Å². The summed E-state index contributed by atoms with van der Waals surface area (Å²) >= 11 is 0. The van der Waals surface area contributed by atoms with E-state index >= 15 is 0 Å². The van der Waals surface area contributed by atoms with Crippen molar-refractivity contribution in [2.45, 2.75) is 79.9 Å². The molecule has 1 amide bonds. The fourth-order valence-corrected chi connectivity index (χ4v) is 4.45. The zero-order valence-corrected chi connectivity index (χ0v) is 19.8. The molecule has 4 nitrogen and oxygen atoms in total. The molecule has 0 radical (unpaired) electrons. The molecular weight excluding hydrogens is 374 g/mol.